The van der Waals surface area contributed by atoms with Crippen molar-refractivity contribution in [3.8, 4) is 0 Å². The zero-order chi connectivity index (χ0) is 22.0. The van der Waals surface area contributed by atoms with E-state index in [1.807, 2.05) is 74.5 Å². The third-order valence-electron chi connectivity index (χ3n) is 5.60. The van der Waals surface area contributed by atoms with Gasteiger partial charge in [0.05, 0.1) is 19.4 Å². The van der Waals surface area contributed by atoms with Gasteiger partial charge in [-0.25, -0.2) is 5.01 Å². The highest BCUT2D eigenvalue weighted by Gasteiger charge is 2.45. The maximum Gasteiger partial charge on any atom is 0.315 e. The van der Waals surface area contributed by atoms with Gasteiger partial charge in [0.1, 0.15) is 5.92 Å². The van der Waals surface area contributed by atoms with Gasteiger partial charge >= 0.3 is 5.97 Å². The molecule has 3 aromatic rings. The molecule has 0 N–H and O–H groups in total. The van der Waals surface area contributed by atoms with Crippen molar-refractivity contribution in [2.75, 3.05) is 7.11 Å². The lowest BCUT2D eigenvalue weighted by Crippen LogP contribution is -2.42. The van der Waals surface area contributed by atoms with Gasteiger partial charge in [-0.15, -0.1) is 0 Å². The van der Waals surface area contributed by atoms with Gasteiger partial charge in [0, 0.05) is 5.56 Å². The normalized spacial score (nSPS) is 18.2. The molecule has 2 atom stereocenters. The molecule has 5 nitrogen and oxygen atoms in total. The number of rotatable bonds is 4. The lowest BCUT2D eigenvalue weighted by molar-refractivity contribution is -0.144. The van der Waals surface area contributed by atoms with Crippen molar-refractivity contribution < 1.29 is 14.3 Å². The molecule has 0 fully saturated rings. The van der Waals surface area contributed by atoms with E-state index in [2.05, 4.69) is 5.10 Å². The van der Waals surface area contributed by atoms with Crippen LogP contribution in [0.1, 0.15) is 50.1 Å². The summed E-state index contributed by atoms with van der Waals surface area (Å²) in [6, 6.07) is 22.2. The van der Waals surface area contributed by atoms with Gasteiger partial charge in [-0.3, -0.25) is 9.59 Å². The summed E-state index contributed by atoms with van der Waals surface area (Å²) in [6.45, 7) is 4.01. The smallest absolute Gasteiger partial charge is 0.315 e. The molecule has 156 valence electrons. The van der Waals surface area contributed by atoms with Crippen molar-refractivity contribution in [1.82, 2.24) is 5.01 Å². The van der Waals surface area contributed by atoms with Crippen LogP contribution in [0.4, 0.5) is 0 Å². The lowest BCUT2D eigenvalue weighted by atomic mass is 9.80. The van der Waals surface area contributed by atoms with E-state index in [4.69, 9.17) is 4.74 Å². The predicted molar refractivity (Wildman–Crippen MR) is 120 cm³/mol. The fourth-order valence-electron chi connectivity index (χ4n) is 3.91. The Balaban J connectivity index is 1.86. The van der Waals surface area contributed by atoms with Gasteiger partial charge in [-0.05, 0) is 36.6 Å². The number of aryl methyl sites for hydroxylation is 2. The molecule has 0 unspecified atom stereocenters. The molecular formula is C26H24N2O3. The first-order chi connectivity index (χ1) is 15.0. The van der Waals surface area contributed by atoms with Crippen LogP contribution in [0.25, 0.3) is 0 Å². The number of methoxy groups -OCH3 is 1. The zero-order valence-corrected chi connectivity index (χ0v) is 17.8. The fourth-order valence-corrected chi connectivity index (χ4v) is 3.91. The van der Waals surface area contributed by atoms with Crippen molar-refractivity contribution in [2.45, 2.75) is 25.8 Å². The Bertz CT molecular complexity index is 1130. The van der Waals surface area contributed by atoms with Crippen molar-refractivity contribution in [1.29, 1.82) is 0 Å². The molecule has 0 bridgehead atoms. The molecule has 31 heavy (non-hydrogen) atoms. The van der Waals surface area contributed by atoms with Crippen LogP contribution < -0.4 is 0 Å². The van der Waals surface area contributed by atoms with E-state index in [0.717, 1.165) is 22.3 Å². The molecule has 0 radical (unpaired) electrons. The summed E-state index contributed by atoms with van der Waals surface area (Å²) >= 11 is 0. The minimum atomic E-state index is -0.684. The quantitative estimate of drug-likeness (QED) is 0.457. The number of hydrogen-bond acceptors (Lipinski definition) is 4. The fraction of sp³-hybridized carbons (Fsp3) is 0.192. The van der Waals surface area contributed by atoms with Crippen LogP contribution in [-0.2, 0) is 9.53 Å². The monoisotopic (exact) mass is 412 g/mol. The first-order valence-corrected chi connectivity index (χ1v) is 10.2. The second-order valence-corrected chi connectivity index (χ2v) is 7.75. The summed E-state index contributed by atoms with van der Waals surface area (Å²) in [4.78, 5) is 26.4. The van der Waals surface area contributed by atoms with Crippen LogP contribution in [-0.4, -0.2) is 30.2 Å². The SMILES string of the molecule is COC(=O)[C@@H]1c2ccccc2C(=O)N(/N=C/c2ccc(C)cc2)[C@H]1c1ccc(C)cc1. The van der Waals surface area contributed by atoms with Crippen LogP contribution >= 0.6 is 0 Å². The minimum absolute atomic E-state index is 0.246. The Labute approximate surface area is 182 Å². The van der Waals surface area contributed by atoms with E-state index < -0.39 is 17.9 Å². The number of ether oxygens (including phenoxy) is 1. The van der Waals surface area contributed by atoms with Gasteiger partial charge in [0.15, 0.2) is 0 Å². The highest BCUT2D eigenvalue weighted by atomic mass is 16.5. The van der Waals surface area contributed by atoms with E-state index in [0.29, 0.717) is 11.1 Å². The Morgan fingerprint density at radius 2 is 1.55 bits per heavy atom. The Hall–Kier alpha value is -3.73. The van der Waals surface area contributed by atoms with Crippen LogP contribution in [0.3, 0.4) is 0 Å². The Kier molecular flexibility index (Phi) is 5.67. The highest BCUT2D eigenvalue weighted by Crippen LogP contribution is 2.43. The minimum Gasteiger partial charge on any atom is -0.468 e. The van der Waals surface area contributed by atoms with E-state index in [-0.39, 0.29) is 5.91 Å². The molecular weight excluding hydrogens is 388 g/mol. The molecule has 0 spiro atoms. The van der Waals surface area contributed by atoms with E-state index in [1.54, 1.807) is 18.3 Å². The van der Waals surface area contributed by atoms with Gasteiger partial charge in [-0.1, -0.05) is 77.9 Å². The average Bonchev–Trinajstić information content (AvgIpc) is 2.79. The number of fused-ring (bicyclic) bond motifs is 1. The summed E-state index contributed by atoms with van der Waals surface area (Å²) in [5.41, 5.74) is 5.05. The zero-order valence-electron chi connectivity index (χ0n) is 17.8. The first kappa shape index (κ1) is 20.5. The topological polar surface area (TPSA) is 59.0 Å². The molecule has 1 aliphatic rings. The molecule has 1 amide bonds. The van der Waals surface area contributed by atoms with Gasteiger partial charge in [-0.2, -0.15) is 5.10 Å². The largest absolute Gasteiger partial charge is 0.468 e. The number of hydrogen-bond donors (Lipinski definition) is 0. The molecule has 0 saturated heterocycles. The number of benzene rings is 3. The number of nitrogens with zero attached hydrogens (tertiary/aromatic N) is 2. The molecule has 0 saturated carbocycles. The molecule has 3 aromatic carbocycles. The third kappa shape index (κ3) is 3.99. The average molecular weight is 412 g/mol. The molecule has 0 aromatic heterocycles. The predicted octanol–water partition coefficient (Wildman–Crippen LogP) is 4.79. The van der Waals surface area contributed by atoms with E-state index >= 15 is 0 Å². The summed E-state index contributed by atoms with van der Waals surface area (Å²) in [5, 5.41) is 5.97. The number of esters is 1. The van der Waals surface area contributed by atoms with E-state index in [9.17, 15) is 9.59 Å². The van der Waals surface area contributed by atoms with Crippen LogP contribution in [0.2, 0.25) is 0 Å². The molecule has 1 heterocycles. The maximum absolute atomic E-state index is 13.5. The van der Waals surface area contributed by atoms with Gasteiger partial charge in [0.25, 0.3) is 5.91 Å². The summed E-state index contributed by atoms with van der Waals surface area (Å²) in [5.74, 6) is -1.33. The summed E-state index contributed by atoms with van der Waals surface area (Å²) < 4.78 is 5.15. The van der Waals surface area contributed by atoms with Crippen LogP contribution in [0.5, 0.6) is 0 Å². The van der Waals surface area contributed by atoms with E-state index in [1.165, 1.54) is 12.1 Å². The third-order valence-corrected chi connectivity index (χ3v) is 5.60. The van der Waals surface area contributed by atoms with Crippen molar-refractivity contribution in [3.63, 3.8) is 0 Å². The van der Waals surface area contributed by atoms with Crippen molar-refractivity contribution in [3.05, 3.63) is 106 Å². The standard InChI is InChI=1S/C26H24N2O3/c1-17-8-12-19(13-9-17)16-27-28-24(20-14-10-18(2)11-15-20)23(26(30)31-3)21-6-4-5-7-22(21)25(28)29/h4-16,23-24H,1-3H3/b27-16+/t23-,24+/m1/s1. The highest BCUT2D eigenvalue weighted by molar-refractivity contribution is 6.01. The number of hydrazone groups is 1. The second-order valence-electron chi connectivity index (χ2n) is 7.75. The molecule has 0 aliphatic carbocycles. The van der Waals surface area contributed by atoms with Crippen LogP contribution in [0, 0.1) is 13.8 Å². The van der Waals surface area contributed by atoms with Gasteiger partial charge < -0.3 is 4.74 Å². The maximum atomic E-state index is 13.5. The lowest BCUT2D eigenvalue weighted by Gasteiger charge is -2.38. The molecule has 1 aliphatic heterocycles. The number of carbonyl (C=O) groups is 2. The number of amides is 1. The molecule has 5 heteroatoms. The Morgan fingerprint density at radius 1 is 0.935 bits per heavy atom. The van der Waals surface area contributed by atoms with Crippen LogP contribution in [0.15, 0.2) is 77.9 Å². The Morgan fingerprint density at radius 3 is 2.19 bits per heavy atom. The number of carbonyl (C=O) groups excluding carboxylic acids is 2. The second kappa shape index (κ2) is 8.56. The van der Waals surface area contributed by atoms with Gasteiger partial charge in [0.2, 0.25) is 0 Å². The van der Waals surface area contributed by atoms with Crippen molar-refractivity contribution in [2.24, 2.45) is 5.10 Å². The van der Waals surface area contributed by atoms with Crippen molar-refractivity contribution >= 4 is 18.1 Å². The first-order valence-electron chi connectivity index (χ1n) is 10.2. The summed E-state index contributed by atoms with van der Waals surface area (Å²) in [6.07, 6.45) is 1.65. The molecule has 4 rings (SSSR count). The summed E-state index contributed by atoms with van der Waals surface area (Å²) in [7, 11) is 1.37.